The SMILES string of the molecule is Cc1nnc2scc(-c3ccc(N)cc3)n12. The summed E-state index contributed by atoms with van der Waals surface area (Å²) >= 11 is 1.59. The Hall–Kier alpha value is -1.88. The molecule has 2 N–H and O–H groups in total. The normalized spacial score (nSPS) is 11.1. The molecule has 5 heteroatoms. The van der Waals surface area contributed by atoms with Crippen LogP contribution < -0.4 is 5.73 Å². The Kier molecular flexibility index (Phi) is 1.94. The molecule has 0 fully saturated rings. The quantitative estimate of drug-likeness (QED) is 0.653. The molecule has 0 saturated carbocycles. The molecule has 0 aliphatic rings. The first-order chi connectivity index (χ1) is 7.75. The Labute approximate surface area is 96.4 Å². The minimum atomic E-state index is 0.774. The maximum absolute atomic E-state index is 5.67. The molecular weight excluding hydrogens is 220 g/mol. The Bertz CT molecular complexity index is 636. The number of anilines is 1. The Morgan fingerprint density at radius 1 is 1.19 bits per heavy atom. The summed E-state index contributed by atoms with van der Waals surface area (Å²) in [5, 5.41) is 10.2. The van der Waals surface area contributed by atoms with Gasteiger partial charge in [-0.15, -0.1) is 21.5 Å². The van der Waals surface area contributed by atoms with Gasteiger partial charge in [-0.2, -0.15) is 0 Å². The average molecular weight is 230 g/mol. The fourth-order valence-corrected chi connectivity index (χ4v) is 2.59. The molecular formula is C11H10N4S. The second-order valence-electron chi connectivity index (χ2n) is 3.61. The Morgan fingerprint density at radius 2 is 1.94 bits per heavy atom. The summed E-state index contributed by atoms with van der Waals surface area (Å²) in [6.07, 6.45) is 0. The first kappa shape index (κ1) is 9.35. The van der Waals surface area contributed by atoms with Crippen molar-refractivity contribution in [3.63, 3.8) is 0 Å². The third-order valence-electron chi connectivity index (χ3n) is 2.52. The van der Waals surface area contributed by atoms with E-state index in [4.69, 9.17) is 5.73 Å². The largest absolute Gasteiger partial charge is 0.399 e. The van der Waals surface area contributed by atoms with Crippen molar-refractivity contribution < 1.29 is 0 Å². The number of hydrogen-bond acceptors (Lipinski definition) is 4. The van der Waals surface area contributed by atoms with Crippen molar-refractivity contribution in [3.05, 3.63) is 35.5 Å². The highest BCUT2D eigenvalue weighted by atomic mass is 32.1. The van der Waals surface area contributed by atoms with Crippen LogP contribution in [-0.2, 0) is 0 Å². The fourth-order valence-electron chi connectivity index (χ4n) is 1.71. The van der Waals surface area contributed by atoms with Crippen LogP contribution in [0.15, 0.2) is 29.6 Å². The van der Waals surface area contributed by atoms with Crippen LogP contribution >= 0.6 is 11.3 Å². The van der Waals surface area contributed by atoms with E-state index < -0.39 is 0 Å². The Morgan fingerprint density at radius 3 is 2.69 bits per heavy atom. The van der Waals surface area contributed by atoms with Crippen molar-refractivity contribution in [2.45, 2.75) is 6.92 Å². The molecule has 0 spiro atoms. The number of fused-ring (bicyclic) bond motifs is 1. The van der Waals surface area contributed by atoms with Gasteiger partial charge in [0.1, 0.15) is 5.82 Å². The van der Waals surface area contributed by atoms with Gasteiger partial charge in [0.2, 0.25) is 4.96 Å². The lowest BCUT2D eigenvalue weighted by Gasteiger charge is -2.01. The second-order valence-corrected chi connectivity index (χ2v) is 4.44. The lowest BCUT2D eigenvalue weighted by molar-refractivity contribution is 1.01. The van der Waals surface area contributed by atoms with Gasteiger partial charge >= 0.3 is 0 Å². The molecule has 0 amide bonds. The molecule has 0 radical (unpaired) electrons. The first-order valence-electron chi connectivity index (χ1n) is 4.91. The van der Waals surface area contributed by atoms with E-state index in [0.717, 1.165) is 27.7 Å². The molecule has 0 bridgehead atoms. The van der Waals surface area contributed by atoms with Crippen molar-refractivity contribution in [1.29, 1.82) is 0 Å². The monoisotopic (exact) mass is 230 g/mol. The molecule has 0 saturated heterocycles. The molecule has 0 unspecified atom stereocenters. The molecule has 0 aliphatic heterocycles. The summed E-state index contributed by atoms with van der Waals surface area (Å²) < 4.78 is 2.05. The molecule has 2 heterocycles. The molecule has 4 nitrogen and oxygen atoms in total. The predicted octanol–water partition coefficient (Wildman–Crippen LogP) is 2.35. The lowest BCUT2D eigenvalue weighted by Crippen LogP contribution is -1.90. The molecule has 1 aromatic carbocycles. The molecule has 16 heavy (non-hydrogen) atoms. The van der Waals surface area contributed by atoms with Crippen LogP contribution in [0.25, 0.3) is 16.2 Å². The van der Waals surface area contributed by atoms with Crippen molar-refractivity contribution >= 4 is 22.0 Å². The Balaban J connectivity index is 2.25. The number of nitrogens with two attached hydrogens (primary N) is 1. The van der Waals surface area contributed by atoms with E-state index in [9.17, 15) is 0 Å². The number of hydrogen-bond donors (Lipinski definition) is 1. The molecule has 3 aromatic rings. The van der Waals surface area contributed by atoms with Crippen molar-refractivity contribution in [2.24, 2.45) is 0 Å². The van der Waals surface area contributed by atoms with Gasteiger partial charge < -0.3 is 5.73 Å². The number of thiazole rings is 1. The third-order valence-corrected chi connectivity index (χ3v) is 3.33. The maximum atomic E-state index is 5.67. The summed E-state index contributed by atoms with van der Waals surface area (Å²) in [6.45, 7) is 1.95. The van der Waals surface area contributed by atoms with E-state index in [2.05, 4.69) is 20.0 Å². The van der Waals surface area contributed by atoms with Gasteiger partial charge in [-0.05, 0) is 24.6 Å². The van der Waals surface area contributed by atoms with E-state index in [1.807, 2.05) is 31.2 Å². The van der Waals surface area contributed by atoms with Crippen molar-refractivity contribution in [2.75, 3.05) is 5.73 Å². The van der Waals surface area contributed by atoms with Crippen LogP contribution in [0.1, 0.15) is 5.82 Å². The van der Waals surface area contributed by atoms with Crippen LogP contribution in [-0.4, -0.2) is 14.6 Å². The average Bonchev–Trinajstić information content (AvgIpc) is 2.84. The summed E-state index contributed by atoms with van der Waals surface area (Å²) in [6, 6.07) is 7.82. The molecule has 2 aromatic heterocycles. The number of aryl methyl sites for hydroxylation is 1. The zero-order chi connectivity index (χ0) is 11.1. The number of rotatable bonds is 1. The highest BCUT2D eigenvalue weighted by molar-refractivity contribution is 7.15. The van der Waals surface area contributed by atoms with Crippen molar-refractivity contribution in [1.82, 2.24) is 14.6 Å². The first-order valence-corrected chi connectivity index (χ1v) is 5.79. The van der Waals surface area contributed by atoms with E-state index in [0.29, 0.717) is 0 Å². The van der Waals surface area contributed by atoms with Crippen LogP contribution in [0.2, 0.25) is 0 Å². The van der Waals surface area contributed by atoms with E-state index in [-0.39, 0.29) is 0 Å². The minimum Gasteiger partial charge on any atom is -0.399 e. The van der Waals surface area contributed by atoms with E-state index >= 15 is 0 Å². The van der Waals surface area contributed by atoms with Gasteiger partial charge in [-0.1, -0.05) is 12.1 Å². The van der Waals surface area contributed by atoms with Gasteiger partial charge in [0, 0.05) is 11.1 Å². The number of aromatic nitrogens is 3. The minimum absolute atomic E-state index is 0.774. The van der Waals surface area contributed by atoms with Gasteiger partial charge in [0.25, 0.3) is 0 Å². The van der Waals surface area contributed by atoms with Crippen molar-refractivity contribution in [3.8, 4) is 11.3 Å². The van der Waals surface area contributed by atoms with Crippen LogP contribution in [0, 0.1) is 6.92 Å². The highest BCUT2D eigenvalue weighted by Crippen LogP contribution is 2.26. The van der Waals surface area contributed by atoms with Crippen LogP contribution in [0.3, 0.4) is 0 Å². The smallest absolute Gasteiger partial charge is 0.216 e. The number of benzene rings is 1. The zero-order valence-electron chi connectivity index (χ0n) is 8.71. The third kappa shape index (κ3) is 1.29. The summed E-state index contributed by atoms with van der Waals surface area (Å²) in [5.41, 5.74) is 8.69. The lowest BCUT2D eigenvalue weighted by atomic mass is 10.1. The number of nitrogens with zero attached hydrogens (tertiary/aromatic N) is 3. The van der Waals surface area contributed by atoms with Gasteiger partial charge in [-0.3, -0.25) is 4.40 Å². The van der Waals surface area contributed by atoms with E-state index in [1.54, 1.807) is 11.3 Å². The summed E-state index contributed by atoms with van der Waals surface area (Å²) in [5.74, 6) is 0.906. The predicted molar refractivity (Wildman–Crippen MR) is 65.4 cm³/mol. The topological polar surface area (TPSA) is 56.2 Å². The zero-order valence-corrected chi connectivity index (χ0v) is 9.53. The van der Waals surface area contributed by atoms with Crippen LogP contribution in [0.5, 0.6) is 0 Å². The van der Waals surface area contributed by atoms with Gasteiger partial charge in [-0.25, -0.2) is 0 Å². The number of nitrogen functional groups attached to an aromatic ring is 1. The summed E-state index contributed by atoms with van der Waals surface area (Å²) in [7, 11) is 0. The van der Waals surface area contributed by atoms with E-state index in [1.165, 1.54) is 0 Å². The van der Waals surface area contributed by atoms with Gasteiger partial charge in [0.05, 0.1) is 5.69 Å². The molecule has 0 atom stereocenters. The standard InChI is InChI=1S/C11H10N4S/c1-7-13-14-11-15(7)10(6-16-11)8-2-4-9(12)5-3-8/h2-6H,12H2,1H3. The molecule has 0 aliphatic carbocycles. The fraction of sp³-hybridized carbons (Fsp3) is 0.0909. The highest BCUT2D eigenvalue weighted by Gasteiger charge is 2.09. The summed E-state index contributed by atoms with van der Waals surface area (Å²) in [4.78, 5) is 0.921. The molecule has 80 valence electrons. The molecule has 3 rings (SSSR count). The maximum Gasteiger partial charge on any atom is 0.216 e. The second kappa shape index (κ2) is 3.31. The van der Waals surface area contributed by atoms with Gasteiger partial charge in [0.15, 0.2) is 0 Å². The van der Waals surface area contributed by atoms with Crippen LogP contribution in [0.4, 0.5) is 5.69 Å².